The van der Waals surface area contributed by atoms with Crippen molar-refractivity contribution in [3.05, 3.63) is 65.0 Å². The van der Waals surface area contributed by atoms with Crippen LogP contribution < -0.4 is 10.1 Å². The molecule has 2 aromatic rings. The number of hydrogen-bond donors (Lipinski definition) is 1. The van der Waals surface area contributed by atoms with Crippen molar-refractivity contribution in [2.24, 2.45) is 0 Å². The summed E-state index contributed by atoms with van der Waals surface area (Å²) in [6.45, 7) is 2.08. The molecule has 2 aromatic carbocycles. The normalized spacial score (nSPS) is 18.1. The Bertz CT molecular complexity index is 641. The summed E-state index contributed by atoms with van der Waals surface area (Å²) < 4.78 is 19.6. The summed E-state index contributed by atoms with van der Waals surface area (Å²) >= 11 is 0. The van der Waals surface area contributed by atoms with E-state index in [1.807, 2.05) is 25.2 Å². The highest BCUT2D eigenvalue weighted by Gasteiger charge is 2.21. The number of ether oxygens (including phenoxy) is 1. The van der Waals surface area contributed by atoms with Gasteiger partial charge in [-0.3, -0.25) is 0 Å². The van der Waals surface area contributed by atoms with E-state index >= 15 is 0 Å². The van der Waals surface area contributed by atoms with Crippen molar-refractivity contribution in [3.8, 4) is 5.75 Å². The van der Waals surface area contributed by atoms with Crippen LogP contribution in [0, 0.1) is 5.82 Å². The fraction of sp³-hybridized carbons (Fsp3) is 0.333. The highest BCUT2D eigenvalue weighted by molar-refractivity contribution is 5.42. The zero-order chi connectivity index (χ0) is 14.8. The molecule has 1 aliphatic rings. The molecule has 3 rings (SSSR count). The second-order valence-corrected chi connectivity index (χ2v) is 5.64. The van der Waals surface area contributed by atoms with Crippen molar-refractivity contribution in [3.63, 3.8) is 0 Å². The lowest BCUT2D eigenvalue weighted by Gasteiger charge is -2.18. The molecule has 1 heterocycles. The van der Waals surface area contributed by atoms with Crippen LogP contribution in [0.4, 0.5) is 4.39 Å². The van der Waals surface area contributed by atoms with Gasteiger partial charge in [-0.2, -0.15) is 0 Å². The predicted molar refractivity (Wildman–Crippen MR) is 82.1 cm³/mol. The monoisotopic (exact) mass is 285 g/mol. The third-order valence-electron chi connectivity index (χ3n) is 4.05. The van der Waals surface area contributed by atoms with E-state index in [0.29, 0.717) is 6.42 Å². The Labute approximate surface area is 125 Å². The van der Waals surface area contributed by atoms with E-state index in [1.165, 1.54) is 17.2 Å². The van der Waals surface area contributed by atoms with Crippen LogP contribution in [-0.2, 0) is 12.8 Å². The van der Waals surface area contributed by atoms with Gasteiger partial charge in [0.1, 0.15) is 17.7 Å². The van der Waals surface area contributed by atoms with E-state index in [4.69, 9.17) is 4.74 Å². The maximum atomic E-state index is 13.8. The lowest BCUT2D eigenvalue weighted by molar-refractivity contribution is 0.254. The van der Waals surface area contributed by atoms with Gasteiger partial charge in [0.05, 0.1) is 0 Å². The average Bonchev–Trinajstić information content (AvgIpc) is 2.85. The molecule has 21 heavy (non-hydrogen) atoms. The highest BCUT2D eigenvalue weighted by Crippen LogP contribution is 2.32. The van der Waals surface area contributed by atoms with E-state index in [2.05, 4.69) is 24.4 Å². The molecule has 110 valence electrons. The molecule has 1 N–H and O–H groups in total. The molecule has 0 amide bonds. The molecule has 1 aliphatic heterocycles. The molecule has 0 radical (unpaired) electrons. The number of likely N-dealkylation sites (N-methyl/N-ethyl adjacent to an activating group) is 1. The zero-order valence-corrected chi connectivity index (χ0v) is 12.4. The molecule has 3 heteroatoms. The summed E-state index contributed by atoms with van der Waals surface area (Å²) in [5.74, 6) is 0.836. The van der Waals surface area contributed by atoms with Crippen LogP contribution in [-0.4, -0.2) is 13.2 Å². The SMILES string of the molecule is CNC(Cc1ccccc1F)c1ccc2c(c1)CC(C)O2. The molecule has 0 spiro atoms. The molecule has 0 saturated carbocycles. The second-order valence-electron chi connectivity index (χ2n) is 5.64. The van der Waals surface area contributed by atoms with Gasteiger partial charge in [-0.1, -0.05) is 30.3 Å². The number of rotatable bonds is 4. The van der Waals surface area contributed by atoms with Crippen molar-refractivity contribution in [2.75, 3.05) is 7.05 Å². The van der Waals surface area contributed by atoms with Crippen molar-refractivity contribution in [1.82, 2.24) is 5.32 Å². The van der Waals surface area contributed by atoms with Crippen LogP contribution in [0.15, 0.2) is 42.5 Å². The molecular weight excluding hydrogens is 265 g/mol. The Kier molecular flexibility index (Phi) is 3.93. The fourth-order valence-corrected chi connectivity index (χ4v) is 2.93. The quantitative estimate of drug-likeness (QED) is 0.926. The molecular formula is C18H20FNO. The number of fused-ring (bicyclic) bond motifs is 1. The van der Waals surface area contributed by atoms with Gasteiger partial charge in [0.15, 0.2) is 0 Å². The van der Waals surface area contributed by atoms with Crippen molar-refractivity contribution < 1.29 is 9.13 Å². The smallest absolute Gasteiger partial charge is 0.126 e. The van der Waals surface area contributed by atoms with Gasteiger partial charge in [0.25, 0.3) is 0 Å². The molecule has 2 nitrogen and oxygen atoms in total. The minimum Gasteiger partial charge on any atom is -0.490 e. The molecule has 0 saturated heterocycles. The summed E-state index contributed by atoms with van der Waals surface area (Å²) in [6.07, 6.45) is 1.83. The lowest BCUT2D eigenvalue weighted by atomic mass is 9.96. The minimum absolute atomic E-state index is 0.100. The average molecular weight is 285 g/mol. The van der Waals surface area contributed by atoms with Crippen LogP contribution >= 0.6 is 0 Å². The molecule has 0 bridgehead atoms. The molecule has 2 atom stereocenters. The van der Waals surface area contributed by atoms with Crippen molar-refractivity contribution in [1.29, 1.82) is 0 Å². The Morgan fingerprint density at radius 1 is 1.29 bits per heavy atom. The lowest BCUT2D eigenvalue weighted by Crippen LogP contribution is -2.19. The fourth-order valence-electron chi connectivity index (χ4n) is 2.93. The maximum absolute atomic E-state index is 13.8. The van der Waals surface area contributed by atoms with E-state index < -0.39 is 0 Å². The first-order valence-electron chi connectivity index (χ1n) is 7.37. The first kappa shape index (κ1) is 14.1. The van der Waals surface area contributed by atoms with Gasteiger partial charge in [-0.25, -0.2) is 4.39 Å². The standard InChI is InChI=1S/C18H20FNO/c1-12-9-15-10-14(7-8-18(15)21-12)17(20-2)11-13-5-3-4-6-16(13)19/h3-8,10,12,17,20H,9,11H2,1-2H3. The first-order chi connectivity index (χ1) is 10.2. The van der Waals surface area contributed by atoms with Crippen molar-refractivity contribution in [2.45, 2.75) is 31.9 Å². The van der Waals surface area contributed by atoms with E-state index in [9.17, 15) is 4.39 Å². The minimum atomic E-state index is -0.143. The van der Waals surface area contributed by atoms with Gasteiger partial charge in [0, 0.05) is 12.5 Å². The van der Waals surface area contributed by atoms with Crippen LogP contribution in [0.3, 0.4) is 0 Å². The summed E-state index contributed by atoms with van der Waals surface area (Å²) in [5, 5.41) is 3.29. The van der Waals surface area contributed by atoms with Crippen LogP contribution in [0.25, 0.3) is 0 Å². The molecule has 0 fully saturated rings. The van der Waals surface area contributed by atoms with Crippen molar-refractivity contribution >= 4 is 0 Å². The summed E-state index contributed by atoms with van der Waals surface area (Å²) in [6, 6.07) is 13.3. The largest absolute Gasteiger partial charge is 0.490 e. The number of benzene rings is 2. The van der Waals surface area contributed by atoms with Crippen LogP contribution in [0.5, 0.6) is 5.75 Å². The van der Waals surface area contributed by atoms with Gasteiger partial charge in [0.2, 0.25) is 0 Å². The van der Waals surface area contributed by atoms with Crippen LogP contribution in [0.2, 0.25) is 0 Å². The third kappa shape index (κ3) is 2.93. The summed E-state index contributed by atoms with van der Waals surface area (Å²) in [7, 11) is 1.91. The number of halogens is 1. The van der Waals surface area contributed by atoms with E-state index in [0.717, 1.165) is 17.7 Å². The van der Waals surface area contributed by atoms with E-state index in [-0.39, 0.29) is 18.0 Å². The predicted octanol–water partition coefficient (Wildman–Crippen LogP) is 3.65. The second kappa shape index (κ2) is 5.86. The Morgan fingerprint density at radius 2 is 2.10 bits per heavy atom. The molecule has 0 aromatic heterocycles. The number of nitrogens with one attached hydrogen (secondary N) is 1. The number of hydrogen-bond acceptors (Lipinski definition) is 2. The topological polar surface area (TPSA) is 21.3 Å². The Balaban J connectivity index is 1.84. The Morgan fingerprint density at radius 3 is 2.86 bits per heavy atom. The van der Waals surface area contributed by atoms with Crippen LogP contribution in [0.1, 0.15) is 29.7 Å². The third-order valence-corrected chi connectivity index (χ3v) is 4.05. The van der Waals surface area contributed by atoms with Gasteiger partial charge < -0.3 is 10.1 Å². The highest BCUT2D eigenvalue weighted by atomic mass is 19.1. The molecule has 2 unspecified atom stereocenters. The van der Waals surface area contributed by atoms with Gasteiger partial charge in [-0.05, 0) is 49.2 Å². The van der Waals surface area contributed by atoms with Gasteiger partial charge >= 0.3 is 0 Å². The summed E-state index contributed by atoms with van der Waals surface area (Å²) in [4.78, 5) is 0. The summed E-state index contributed by atoms with van der Waals surface area (Å²) in [5.41, 5.74) is 3.16. The van der Waals surface area contributed by atoms with Gasteiger partial charge in [-0.15, -0.1) is 0 Å². The Hall–Kier alpha value is -1.87. The first-order valence-corrected chi connectivity index (χ1v) is 7.37. The maximum Gasteiger partial charge on any atom is 0.126 e. The zero-order valence-electron chi connectivity index (χ0n) is 12.4. The van der Waals surface area contributed by atoms with E-state index in [1.54, 1.807) is 6.07 Å². The molecule has 0 aliphatic carbocycles.